The molecule has 29 heavy (non-hydrogen) atoms. The van der Waals surface area contributed by atoms with E-state index in [1.165, 1.54) is 36.3 Å². The molecule has 6 nitrogen and oxygen atoms in total. The lowest BCUT2D eigenvalue weighted by molar-refractivity contribution is -0.137. The average molecular weight is 398 g/mol. The minimum atomic E-state index is -4.46. The number of methoxy groups -OCH3 is 1. The first-order valence-electron chi connectivity index (χ1n) is 8.43. The Bertz CT molecular complexity index is 1200. The molecule has 4 rings (SSSR count). The maximum Gasteiger partial charge on any atom is 0.416 e. The fourth-order valence-corrected chi connectivity index (χ4v) is 2.92. The lowest BCUT2D eigenvalue weighted by Gasteiger charge is -2.10. The predicted molar refractivity (Wildman–Crippen MR) is 97.6 cm³/mol. The van der Waals surface area contributed by atoms with Gasteiger partial charge in [0.1, 0.15) is 0 Å². The van der Waals surface area contributed by atoms with E-state index in [4.69, 9.17) is 4.74 Å². The molecule has 0 atom stereocenters. The van der Waals surface area contributed by atoms with Gasteiger partial charge in [0.05, 0.1) is 30.1 Å². The van der Waals surface area contributed by atoms with Gasteiger partial charge in [0.15, 0.2) is 11.4 Å². The Labute approximate surface area is 162 Å². The lowest BCUT2D eigenvalue weighted by Crippen LogP contribution is -2.06. The Hall–Kier alpha value is -3.75. The van der Waals surface area contributed by atoms with E-state index in [1.54, 1.807) is 24.3 Å². The van der Waals surface area contributed by atoms with Crippen LogP contribution >= 0.6 is 0 Å². The van der Waals surface area contributed by atoms with E-state index >= 15 is 0 Å². The number of nitrogens with zero attached hydrogens (tertiary/aromatic N) is 4. The van der Waals surface area contributed by atoms with Gasteiger partial charge < -0.3 is 4.74 Å². The first-order valence-corrected chi connectivity index (χ1v) is 8.43. The molecule has 0 aliphatic heterocycles. The van der Waals surface area contributed by atoms with Crippen molar-refractivity contribution >= 4 is 11.4 Å². The number of hydrogen-bond acceptors (Lipinski definition) is 5. The zero-order chi connectivity index (χ0) is 20.6. The molecule has 0 bridgehead atoms. The number of hydrogen-bond donors (Lipinski definition) is 0. The zero-order valence-electron chi connectivity index (χ0n) is 15.0. The zero-order valence-corrected chi connectivity index (χ0v) is 15.0. The second kappa shape index (κ2) is 7.01. The van der Waals surface area contributed by atoms with Crippen LogP contribution in [0.3, 0.4) is 0 Å². The highest BCUT2D eigenvalue weighted by molar-refractivity contribution is 6.12. The number of ether oxygens (including phenoxy) is 1. The number of aromatic nitrogens is 4. The number of alkyl halides is 3. The first kappa shape index (κ1) is 18.6. The van der Waals surface area contributed by atoms with E-state index in [9.17, 15) is 18.0 Å². The maximum absolute atomic E-state index is 13.1. The number of carbonyl (C=O) groups is 1. The van der Waals surface area contributed by atoms with E-state index in [-0.39, 0.29) is 17.0 Å². The van der Waals surface area contributed by atoms with Crippen molar-refractivity contribution in [2.24, 2.45) is 0 Å². The summed E-state index contributed by atoms with van der Waals surface area (Å²) in [5.74, 6) is 0.00946. The molecular formula is C20H13F3N4O2. The summed E-state index contributed by atoms with van der Waals surface area (Å²) in [6, 6.07) is 9.55. The van der Waals surface area contributed by atoms with Crippen molar-refractivity contribution in [3.63, 3.8) is 0 Å². The van der Waals surface area contributed by atoms with Crippen molar-refractivity contribution in [1.29, 1.82) is 0 Å². The number of fused-ring (bicyclic) bond motifs is 1. The standard InChI is InChI=1S/C20H13F3N4O2/c1-29-17-6-5-13(10-25-17)18(28)15-11-26-27-16(7-8-24-19(15)27)12-3-2-4-14(9-12)20(21,22)23/h2-11H,1H3. The Morgan fingerprint density at radius 3 is 2.59 bits per heavy atom. The summed E-state index contributed by atoms with van der Waals surface area (Å²) in [7, 11) is 1.47. The summed E-state index contributed by atoms with van der Waals surface area (Å²) in [5.41, 5.74) is 0.680. The van der Waals surface area contributed by atoms with Gasteiger partial charge in [-0.2, -0.15) is 18.3 Å². The van der Waals surface area contributed by atoms with Gasteiger partial charge in [-0.1, -0.05) is 12.1 Å². The molecule has 9 heteroatoms. The smallest absolute Gasteiger partial charge is 0.416 e. The average Bonchev–Trinajstić information content (AvgIpc) is 3.17. The van der Waals surface area contributed by atoms with Crippen molar-refractivity contribution in [2.75, 3.05) is 7.11 Å². The van der Waals surface area contributed by atoms with Crippen LogP contribution in [0.4, 0.5) is 13.2 Å². The summed E-state index contributed by atoms with van der Waals surface area (Å²) < 4.78 is 45.5. The first-order chi connectivity index (χ1) is 13.9. The fraction of sp³-hybridized carbons (Fsp3) is 0.100. The molecule has 0 unspecified atom stereocenters. The SMILES string of the molecule is COc1ccc(C(=O)c2cnn3c(-c4cccc(C(F)(F)F)c4)ccnc23)cn1. The van der Waals surface area contributed by atoms with Crippen LogP contribution in [0.15, 0.2) is 61.1 Å². The van der Waals surface area contributed by atoms with Crippen molar-refractivity contribution in [3.8, 4) is 17.1 Å². The molecule has 0 saturated heterocycles. The lowest BCUT2D eigenvalue weighted by atomic mass is 10.1. The van der Waals surface area contributed by atoms with Crippen LogP contribution in [-0.2, 0) is 6.18 Å². The number of halogens is 3. The molecule has 0 radical (unpaired) electrons. The Balaban J connectivity index is 1.78. The molecule has 3 heterocycles. The van der Waals surface area contributed by atoms with Crippen LogP contribution in [0.2, 0.25) is 0 Å². The van der Waals surface area contributed by atoms with E-state index < -0.39 is 11.7 Å². The predicted octanol–water partition coefficient (Wildman–Crippen LogP) is 4.05. The second-order valence-corrected chi connectivity index (χ2v) is 6.12. The topological polar surface area (TPSA) is 69.4 Å². The van der Waals surface area contributed by atoms with Gasteiger partial charge in [-0.25, -0.2) is 14.5 Å². The number of pyridine rings is 1. The normalized spacial score (nSPS) is 11.6. The van der Waals surface area contributed by atoms with Crippen LogP contribution < -0.4 is 4.74 Å². The molecule has 0 aliphatic carbocycles. The van der Waals surface area contributed by atoms with Crippen LogP contribution in [0.5, 0.6) is 5.88 Å². The van der Waals surface area contributed by atoms with Crippen molar-refractivity contribution in [1.82, 2.24) is 19.6 Å². The monoisotopic (exact) mass is 398 g/mol. The van der Waals surface area contributed by atoms with E-state index in [0.717, 1.165) is 12.1 Å². The summed E-state index contributed by atoms with van der Waals surface area (Å²) in [6.07, 6.45) is -0.322. The third-order valence-corrected chi connectivity index (χ3v) is 4.34. The van der Waals surface area contributed by atoms with Crippen molar-refractivity contribution in [3.05, 3.63) is 77.7 Å². The largest absolute Gasteiger partial charge is 0.481 e. The Kier molecular flexibility index (Phi) is 4.50. The molecule has 0 fully saturated rings. The quantitative estimate of drug-likeness (QED) is 0.485. The summed E-state index contributed by atoms with van der Waals surface area (Å²) in [5, 5.41) is 4.17. The van der Waals surface area contributed by atoms with Crippen LogP contribution in [-0.4, -0.2) is 32.5 Å². The van der Waals surface area contributed by atoms with E-state index in [1.807, 2.05) is 0 Å². The maximum atomic E-state index is 13.1. The highest BCUT2D eigenvalue weighted by Crippen LogP contribution is 2.32. The van der Waals surface area contributed by atoms with Crippen molar-refractivity contribution in [2.45, 2.75) is 6.18 Å². The van der Waals surface area contributed by atoms with Crippen LogP contribution in [0.1, 0.15) is 21.5 Å². The molecule has 4 aromatic rings. The number of carbonyl (C=O) groups excluding carboxylic acids is 1. The van der Waals surface area contributed by atoms with Gasteiger partial charge in [-0.05, 0) is 24.3 Å². The Morgan fingerprint density at radius 1 is 1.07 bits per heavy atom. The van der Waals surface area contributed by atoms with Crippen LogP contribution in [0.25, 0.3) is 16.9 Å². The number of benzene rings is 1. The summed E-state index contributed by atoms with van der Waals surface area (Å²) in [6.45, 7) is 0. The molecule has 0 aliphatic rings. The number of rotatable bonds is 4. The molecular weight excluding hydrogens is 385 g/mol. The molecule has 1 aromatic carbocycles. The molecule has 146 valence electrons. The third-order valence-electron chi connectivity index (χ3n) is 4.34. The second-order valence-electron chi connectivity index (χ2n) is 6.12. The summed E-state index contributed by atoms with van der Waals surface area (Å²) >= 11 is 0. The molecule has 0 N–H and O–H groups in total. The van der Waals surface area contributed by atoms with E-state index in [0.29, 0.717) is 22.7 Å². The molecule has 0 saturated carbocycles. The van der Waals surface area contributed by atoms with Gasteiger partial charge in [-0.15, -0.1) is 0 Å². The Morgan fingerprint density at radius 2 is 1.90 bits per heavy atom. The van der Waals surface area contributed by atoms with Gasteiger partial charge in [0.25, 0.3) is 0 Å². The molecule has 3 aromatic heterocycles. The third kappa shape index (κ3) is 3.42. The molecule has 0 amide bonds. The van der Waals surface area contributed by atoms with Crippen molar-refractivity contribution < 1.29 is 22.7 Å². The molecule has 0 spiro atoms. The van der Waals surface area contributed by atoms with Crippen LogP contribution in [0, 0.1) is 0 Å². The van der Waals surface area contributed by atoms with Gasteiger partial charge in [0.2, 0.25) is 5.88 Å². The minimum absolute atomic E-state index is 0.214. The highest BCUT2D eigenvalue weighted by atomic mass is 19.4. The van der Waals surface area contributed by atoms with Gasteiger partial charge in [0, 0.05) is 29.6 Å². The minimum Gasteiger partial charge on any atom is -0.481 e. The van der Waals surface area contributed by atoms with E-state index in [2.05, 4.69) is 15.1 Å². The number of ketones is 1. The van der Waals surface area contributed by atoms with Gasteiger partial charge in [-0.3, -0.25) is 4.79 Å². The summed E-state index contributed by atoms with van der Waals surface area (Å²) in [4.78, 5) is 21.0. The highest BCUT2D eigenvalue weighted by Gasteiger charge is 2.30. The fourth-order valence-electron chi connectivity index (χ4n) is 2.92. The van der Waals surface area contributed by atoms with Gasteiger partial charge >= 0.3 is 6.18 Å².